The number of allylic oxidation sites excluding steroid dienone is 2. The number of halogens is 1. The normalized spacial score (nSPS) is 19.3. The van der Waals surface area contributed by atoms with Crippen LogP contribution < -0.4 is 37.1 Å². The van der Waals surface area contributed by atoms with Crippen LogP contribution in [0.3, 0.4) is 0 Å². The molecule has 1 aromatic rings. The molecule has 0 aromatic carbocycles. The van der Waals surface area contributed by atoms with E-state index in [2.05, 4.69) is 39.4 Å². The minimum atomic E-state index is -0.353. The van der Waals surface area contributed by atoms with Crippen molar-refractivity contribution in [3.05, 3.63) is 53.7 Å². The van der Waals surface area contributed by atoms with Crippen molar-refractivity contribution in [2.24, 2.45) is 11.8 Å². The summed E-state index contributed by atoms with van der Waals surface area (Å²) in [5.41, 5.74) is 0.416. The Morgan fingerprint density at radius 2 is 2.00 bits per heavy atom. The van der Waals surface area contributed by atoms with Gasteiger partial charge in [-0.25, -0.2) is 0 Å². The van der Waals surface area contributed by atoms with Gasteiger partial charge >= 0.3 is 31.1 Å². The summed E-state index contributed by atoms with van der Waals surface area (Å²) in [5.74, 6) is -0.942. The van der Waals surface area contributed by atoms with Crippen molar-refractivity contribution < 1.29 is 30.8 Å². The zero-order chi connectivity index (χ0) is 20.9. The van der Waals surface area contributed by atoms with Gasteiger partial charge in [-0.15, -0.1) is 0 Å². The van der Waals surface area contributed by atoms with Crippen molar-refractivity contribution in [2.75, 3.05) is 16.4 Å². The van der Waals surface area contributed by atoms with Gasteiger partial charge in [-0.3, -0.25) is 14.6 Å². The summed E-state index contributed by atoms with van der Waals surface area (Å²) in [7, 11) is 0. The van der Waals surface area contributed by atoms with E-state index in [4.69, 9.17) is 5.26 Å². The van der Waals surface area contributed by atoms with Crippen molar-refractivity contribution in [1.82, 2.24) is 10.3 Å². The number of amides is 1. The number of pyridine rings is 1. The number of nitrogens with zero attached hydrogens (tertiary/aromatic N) is 2. The van der Waals surface area contributed by atoms with E-state index in [1.807, 2.05) is 0 Å². The molecule has 2 atom stereocenters. The molecule has 1 heterocycles. The third kappa shape index (κ3) is 6.71. The second-order valence-corrected chi connectivity index (χ2v) is 8.42. The molecule has 6 heteroatoms. The molecule has 0 aliphatic heterocycles. The van der Waals surface area contributed by atoms with Crippen molar-refractivity contribution in [1.29, 1.82) is 5.26 Å². The Kier molecular flexibility index (Phi) is 11.0. The van der Waals surface area contributed by atoms with Gasteiger partial charge in [0.25, 0.3) is 5.91 Å². The molecule has 1 N–H and O–H groups in total. The summed E-state index contributed by atoms with van der Waals surface area (Å²) < 4.78 is 0. The standard InChI is InChI=1S/C20H21N3O2.C2H6I/c1-3-6-16-17(10-11-22-18(16)7-4-2)20(25)23-13-19(24)15-9-5-8-14(15)12-21;1-3-2/h3-4,6-7,10-11,14-15H,1-2,5,8-9,13H2,(H,23,25);1-2H3/q;-1/b16-6-,18-7+;. The van der Waals surface area contributed by atoms with Crippen LogP contribution >= 0.6 is 0 Å². The van der Waals surface area contributed by atoms with E-state index in [0.29, 0.717) is 37.3 Å². The Bertz CT molecular complexity index is 871. The average Bonchev–Trinajstić information content (AvgIpc) is 3.17. The van der Waals surface area contributed by atoms with E-state index >= 15 is 0 Å². The van der Waals surface area contributed by atoms with E-state index in [9.17, 15) is 9.59 Å². The van der Waals surface area contributed by atoms with Gasteiger partial charge in [-0.2, -0.15) is 5.26 Å². The second kappa shape index (κ2) is 13.0. The first kappa shape index (κ1) is 23.8. The number of nitrogens with one attached hydrogen (secondary N) is 1. The Morgan fingerprint density at radius 1 is 1.32 bits per heavy atom. The molecule has 0 bridgehead atoms. The number of hydrogen-bond acceptors (Lipinski definition) is 4. The van der Waals surface area contributed by atoms with E-state index in [1.54, 1.807) is 30.4 Å². The number of nitriles is 1. The summed E-state index contributed by atoms with van der Waals surface area (Å²) >= 11 is 0.590. The first-order valence-corrected chi connectivity index (χ1v) is 13.3. The van der Waals surface area contributed by atoms with Crippen LogP contribution in [0.4, 0.5) is 0 Å². The molecular formula is C22H27IN3O2-. The van der Waals surface area contributed by atoms with Crippen LogP contribution in [0.1, 0.15) is 29.6 Å². The zero-order valence-corrected chi connectivity index (χ0v) is 18.6. The predicted molar refractivity (Wildman–Crippen MR) is 108 cm³/mol. The van der Waals surface area contributed by atoms with E-state index < -0.39 is 0 Å². The molecule has 0 radical (unpaired) electrons. The number of alkyl halides is 2. The third-order valence-corrected chi connectivity index (χ3v) is 4.34. The number of hydrogen-bond donors (Lipinski definition) is 1. The van der Waals surface area contributed by atoms with Gasteiger partial charge in [0.2, 0.25) is 0 Å². The molecule has 1 aliphatic carbocycles. The number of Topliss-reactive ketones (excluding diaryl/α,β-unsaturated/α-hetero) is 1. The molecule has 2 rings (SSSR count). The molecule has 5 nitrogen and oxygen atoms in total. The first-order chi connectivity index (χ1) is 13.5. The Hall–Kier alpha value is -2.27. The minimum absolute atomic E-state index is 0.0714. The molecule has 2 unspecified atom stereocenters. The van der Waals surface area contributed by atoms with Crippen LogP contribution in [-0.4, -0.2) is 33.1 Å². The molecule has 1 aromatic heterocycles. The maximum atomic E-state index is 12.5. The second-order valence-electron chi connectivity index (χ2n) is 6.26. The first-order valence-electron chi connectivity index (χ1n) is 8.99. The fourth-order valence-corrected chi connectivity index (χ4v) is 3.12. The molecule has 1 saturated carbocycles. The van der Waals surface area contributed by atoms with Gasteiger partial charge < -0.3 is 5.32 Å². The van der Waals surface area contributed by atoms with Crippen LogP contribution in [0, 0.1) is 23.2 Å². The summed E-state index contributed by atoms with van der Waals surface area (Å²) in [6, 6.07) is 3.79. The SMILES string of the molecule is C=C/C=c1/c(C(=O)NCC(=O)C2CCCC2C#N)ccn/c1=C/C=C.C[I-]C. The van der Waals surface area contributed by atoms with Crippen LogP contribution in [0.2, 0.25) is 0 Å². The monoisotopic (exact) mass is 492 g/mol. The fraction of sp³-hybridized carbons (Fsp3) is 0.364. The van der Waals surface area contributed by atoms with Crippen molar-refractivity contribution in [3.63, 3.8) is 0 Å². The summed E-state index contributed by atoms with van der Waals surface area (Å²) in [5, 5.41) is 13.0. The van der Waals surface area contributed by atoms with Gasteiger partial charge in [-0.05, 0) is 25.0 Å². The summed E-state index contributed by atoms with van der Waals surface area (Å²) in [6.45, 7) is 7.23. The van der Waals surface area contributed by atoms with E-state index in [0.717, 1.165) is 19.3 Å². The van der Waals surface area contributed by atoms with Crippen LogP contribution in [0.15, 0.2) is 37.6 Å². The van der Waals surface area contributed by atoms with Gasteiger partial charge in [0.15, 0.2) is 5.78 Å². The quantitative estimate of drug-likeness (QED) is 0.391. The molecule has 1 aliphatic rings. The molecule has 150 valence electrons. The third-order valence-electron chi connectivity index (χ3n) is 4.34. The van der Waals surface area contributed by atoms with Gasteiger partial charge in [0.1, 0.15) is 0 Å². The number of carbonyl (C=O) groups is 2. The molecule has 0 spiro atoms. The molecular weight excluding hydrogens is 465 g/mol. The average molecular weight is 492 g/mol. The van der Waals surface area contributed by atoms with Crippen LogP contribution in [0.25, 0.3) is 12.2 Å². The number of carbonyl (C=O) groups excluding carboxylic acids is 2. The number of aromatic nitrogens is 1. The number of rotatable bonds is 6. The zero-order valence-electron chi connectivity index (χ0n) is 16.5. The molecule has 1 amide bonds. The topological polar surface area (TPSA) is 82.9 Å². The van der Waals surface area contributed by atoms with Crippen LogP contribution in [-0.2, 0) is 4.79 Å². The van der Waals surface area contributed by atoms with Crippen molar-refractivity contribution in [2.45, 2.75) is 19.3 Å². The Labute approximate surface area is 177 Å². The van der Waals surface area contributed by atoms with Gasteiger partial charge in [-0.1, -0.05) is 37.8 Å². The molecule has 28 heavy (non-hydrogen) atoms. The van der Waals surface area contributed by atoms with Gasteiger partial charge in [0.05, 0.1) is 29.4 Å². The fourth-order valence-electron chi connectivity index (χ4n) is 3.12. The summed E-state index contributed by atoms with van der Waals surface area (Å²) in [6.07, 6.45) is 10.5. The predicted octanol–water partition coefficient (Wildman–Crippen LogP) is -1.41. The maximum absolute atomic E-state index is 12.5. The van der Waals surface area contributed by atoms with Crippen LogP contribution in [0.5, 0.6) is 0 Å². The van der Waals surface area contributed by atoms with Gasteiger partial charge in [0, 0.05) is 17.3 Å². The van der Waals surface area contributed by atoms with E-state index in [1.165, 1.54) is 6.20 Å². The van der Waals surface area contributed by atoms with Crippen molar-refractivity contribution >= 4 is 23.8 Å². The Balaban J connectivity index is 0.00000122. The number of ketones is 1. The molecule has 0 saturated heterocycles. The van der Waals surface area contributed by atoms with Crippen molar-refractivity contribution in [3.8, 4) is 6.07 Å². The Morgan fingerprint density at radius 3 is 2.61 bits per heavy atom. The summed E-state index contributed by atoms with van der Waals surface area (Å²) in [4.78, 5) is 33.5. The van der Waals surface area contributed by atoms with E-state index in [-0.39, 0.29) is 30.1 Å². The molecule has 1 fully saturated rings.